The average Bonchev–Trinajstić information content (AvgIpc) is 2.89. The Labute approximate surface area is 126 Å². The van der Waals surface area contributed by atoms with Crippen LogP contribution in [-0.4, -0.2) is 23.8 Å². The lowest BCUT2D eigenvalue weighted by Gasteiger charge is -2.08. The smallest absolute Gasteiger partial charge is 0.232 e. The van der Waals surface area contributed by atoms with Crippen molar-refractivity contribution in [2.45, 2.75) is 6.54 Å². The molecule has 1 heterocycles. The minimum absolute atomic E-state index is 0.144. The number of hydrogen-bond donors (Lipinski definition) is 2. The van der Waals surface area contributed by atoms with E-state index in [0.29, 0.717) is 11.0 Å². The van der Waals surface area contributed by atoms with Crippen molar-refractivity contribution in [1.82, 2.24) is 19.7 Å². The molecule has 0 saturated heterocycles. The molecule has 0 amide bonds. The monoisotopic (exact) mass is 324 g/mol. The highest BCUT2D eigenvalue weighted by Gasteiger charge is 2.17. The van der Waals surface area contributed by atoms with Crippen molar-refractivity contribution in [2.75, 3.05) is 0 Å². The first-order valence-electron chi connectivity index (χ1n) is 6.19. The van der Waals surface area contributed by atoms with E-state index in [1.54, 1.807) is 24.3 Å². The van der Waals surface area contributed by atoms with Crippen molar-refractivity contribution in [3.8, 4) is 5.69 Å². The van der Waals surface area contributed by atoms with Gasteiger partial charge in [-0.15, -0.1) is 5.10 Å². The summed E-state index contributed by atoms with van der Waals surface area (Å²) in [5, 5.41) is 7.63. The fourth-order valence-electron chi connectivity index (χ4n) is 2.10. The van der Waals surface area contributed by atoms with E-state index >= 15 is 0 Å². The van der Waals surface area contributed by atoms with Gasteiger partial charge in [0.15, 0.2) is 11.6 Å². The first-order valence-corrected chi connectivity index (χ1v) is 7.30. The quantitative estimate of drug-likeness (QED) is 0.719. The Balaban J connectivity index is 2.06. The molecule has 0 radical (unpaired) electrons. The molecule has 0 saturated carbocycles. The summed E-state index contributed by atoms with van der Waals surface area (Å²) in [5.41, 5.74) is 0.846. The molecule has 0 fully saturated rings. The van der Waals surface area contributed by atoms with Crippen LogP contribution in [0.1, 0.15) is 5.56 Å². The Morgan fingerprint density at radius 2 is 1.91 bits per heavy atom. The Hall–Kier alpha value is -2.23. The first-order chi connectivity index (χ1) is 10.6. The highest BCUT2D eigenvalue weighted by molar-refractivity contribution is 7.77. The van der Waals surface area contributed by atoms with Gasteiger partial charge in [0.1, 0.15) is 11.2 Å². The molecule has 6 nitrogen and oxygen atoms in total. The van der Waals surface area contributed by atoms with Crippen molar-refractivity contribution in [2.24, 2.45) is 0 Å². The SMILES string of the molecule is O=S(O)NCc1cc(F)c(-n2nnc3ccccc32)c(F)c1. The molecule has 0 aliphatic heterocycles. The molecule has 1 unspecified atom stereocenters. The molecule has 2 N–H and O–H groups in total. The molecule has 1 aromatic heterocycles. The van der Waals surface area contributed by atoms with E-state index in [-0.39, 0.29) is 17.8 Å². The molecule has 22 heavy (non-hydrogen) atoms. The van der Waals surface area contributed by atoms with Crippen molar-refractivity contribution in [3.63, 3.8) is 0 Å². The lowest BCUT2D eigenvalue weighted by Crippen LogP contribution is -2.16. The fourth-order valence-corrected chi connectivity index (χ4v) is 2.39. The van der Waals surface area contributed by atoms with Crippen LogP contribution in [0.25, 0.3) is 16.7 Å². The lowest BCUT2D eigenvalue weighted by atomic mass is 10.2. The molecular formula is C13H10F2N4O2S. The molecule has 2 aromatic carbocycles. The van der Waals surface area contributed by atoms with Crippen molar-refractivity contribution in [3.05, 3.63) is 53.6 Å². The van der Waals surface area contributed by atoms with E-state index in [1.807, 2.05) is 0 Å². The summed E-state index contributed by atoms with van der Waals surface area (Å²) >= 11 is -2.26. The number of benzene rings is 2. The molecule has 114 valence electrons. The molecule has 0 aliphatic rings. The normalized spacial score (nSPS) is 12.7. The molecule has 0 spiro atoms. The summed E-state index contributed by atoms with van der Waals surface area (Å²) in [5.74, 6) is -1.67. The van der Waals surface area contributed by atoms with E-state index in [2.05, 4.69) is 15.0 Å². The zero-order chi connectivity index (χ0) is 15.7. The maximum atomic E-state index is 14.2. The van der Waals surface area contributed by atoms with Gasteiger partial charge in [-0.1, -0.05) is 17.3 Å². The van der Waals surface area contributed by atoms with Crippen LogP contribution < -0.4 is 4.72 Å². The summed E-state index contributed by atoms with van der Waals surface area (Å²) in [4.78, 5) is 0. The Kier molecular flexibility index (Phi) is 3.92. The van der Waals surface area contributed by atoms with Crippen LogP contribution in [0.5, 0.6) is 0 Å². The number of nitrogens with one attached hydrogen (secondary N) is 1. The van der Waals surface area contributed by atoms with Crippen LogP contribution in [0.3, 0.4) is 0 Å². The second-order valence-electron chi connectivity index (χ2n) is 4.47. The van der Waals surface area contributed by atoms with Crippen molar-refractivity contribution >= 4 is 22.3 Å². The lowest BCUT2D eigenvalue weighted by molar-refractivity contribution is 0.543. The first kappa shape index (κ1) is 14.7. The van der Waals surface area contributed by atoms with Gasteiger partial charge in [0.05, 0.1) is 5.52 Å². The minimum Gasteiger partial charge on any atom is -0.294 e. The van der Waals surface area contributed by atoms with E-state index in [1.165, 1.54) is 0 Å². The summed E-state index contributed by atoms with van der Waals surface area (Å²) in [6.07, 6.45) is 0. The summed E-state index contributed by atoms with van der Waals surface area (Å²) in [6.45, 7) is -0.144. The Bertz CT molecular complexity index is 845. The van der Waals surface area contributed by atoms with E-state index in [0.717, 1.165) is 16.8 Å². The maximum Gasteiger partial charge on any atom is 0.232 e. The van der Waals surface area contributed by atoms with E-state index < -0.39 is 22.9 Å². The second kappa shape index (κ2) is 5.87. The van der Waals surface area contributed by atoms with Crippen LogP contribution in [0.4, 0.5) is 8.78 Å². The molecule has 3 rings (SSSR count). The molecular weight excluding hydrogens is 314 g/mol. The minimum atomic E-state index is -2.26. The molecule has 0 bridgehead atoms. The van der Waals surface area contributed by atoms with E-state index in [9.17, 15) is 13.0 Å². The molecule has 9 heteroatoms. The van der Waals surface area contributed by atoms with Crippen LogP contribution >= 0.6 is 0 Å². The number of fused-ring (bicyclic) bond motifs is 1. The maximum absolute atomic E-state index is 14.2. The van der Waals surface area contributed by atoms with E-state index in [4.69, 9.17) is 4.55 Å². The van der Waals surface area contributed by atoms with Gasteiger partial charge in [0.2, 0.25) is 11.3 Å². The van der Waals surface area contributed by atoms with Gasteiger partial charge >= 0.3 is 0 Å². The number of halogens is 2. The van der Waals surface area contributed by atoms with Crippen molar-refractivity contribution in [1.29, 1.82) is 0 Å². The van der Waals surface area contributed by atoms with Crippen LogP contribution in [0.2, 0.25) is 0 Å². The molecule has 0 aliphatic carbocycles. The highest BCUT2D eigenvalue weighted by atomic mass is 32.2. The van der Waals surface area contributed by atoms with Crippen LogP contribution in [0, 0.1) is 11.6 Å². The van der Waals surface area contributed by atoms with Gasteiger partial charge in [0.25, 0.3) is 0 Å². The third-order valence-corrected chi connectivity index (χ3v) is 3.43. The van der Waals surface area contributed by atoms with Gasteiger partial charge in [-0.3, -0.25) is 4.55 Å². The van der Waals surface area contributed by atoms with Gasteiger partial charge < -0.3 is 0 Å². The molecule has 1 atom stereocenters. The fraction of sp³-hybridized carbons (Fsp3) is 0.0769. The zero-order valence-electron chi connectivity index (χ0n) is 11.0. The van der Waals surface area contributed by atoms with Crippen molar-refractivity contribution < 1.29 is 17.5 Å². The van der Waals surface area contributed by atoms with Gasteiger partial charge in [-0.05, 0) is 29.8 Å². The van der Waals surface area contributed by atoms with Crippen LogP contribution in [-0.2, 0) is 17.8 Å². The molecule has 3 aromatic rings. The third-order valence-electron chi connectivity index (χ3n) is 3.04. The predicted molar refractivity (Wildman–Crippen MR) is 76.4 cm³/mol. The average molecular weight is 324 g/mol. The largest absolute Gasteiger partial charge is 0.294 e. The van der Waals surface area contributed by atoms with Gasteiger partial charge in [-0.2, -0.15) is 0 Å². The zero-order valence-corrected chi connectivity index (χ0v) is 11.8. The third kappa shape index (κ3) is 2.73. The number of aromatic nitrogens is 3. The predicted octanol–water partition coefficient (Wildman–Crippen LogP) is 1.92. The number of nitrogens with zero attached hydrogens (tertiary/aromatic N) is 3. The number of para-hydroxylation sites is 1. The summed E-state index contributed by atoms with van der Waals surface area (Å²) < 4.78 is 50.9. The number of hydrogen-bond acceptors (Lipinski definition) is 3. The summed E-state index contributed by atoms with van der Waals surface area (Å²) in [7, 11) is 0. The van der Waals surface area contributed by atoms with Gasteiger partial charge in [-0.25, -0.2) is 22.4 Å². The van der Waals surface area contributed by atoms with Gasteiger partial charge in [0, 0.05) is 6.54 Å². The van der Waals surface area contributed by atoms with Crippen LogP contribution in [0.15, 0.2) is 36.4 Å². The highest BCUT2D eigenvalue weighted by Crippen LogP contribution is 2.23. The Morgan fingerprint density at radius 3 is 2.59 bits per heavy atom. The topological polar surface area (TPSA) is 80.0 Å². The second-order valence-corrected chi connectivity index (χ2v) is 5.26. The standard InChI is InChI=1S/C13H10F2N4O2S/c14-9-5-8(7-16-22(20)21)6-10(15)13(9)19-12-4-2-1-3-11(12)17-18-19/h1-6,16H,7H2,(H,20,21). The summed E-state index contributed by atoms with van der Waals surface area (Å²) in [6, 6.07) is 8.95. The Morgan fingerprint density at radius 1 is 1.23 bits per heavy atom. The number of rotatable bonds is 4.